The Bertz CT molecular complexity index is 885. The van der Waals surface area contributed by atoms with Crippen molar-refractivity contribution < 1.29 is 22.7 Å². The Morgan fingerprint density at radius 3 is 2.31 bits per heavy atom. The number of methoxy groups -OCH3 is 2. The molecule has 0 heterocycles. The fourth-order valence-electron chi connectivity index (χ4n) is 2.13. The summed E-state index contributed by atoms with van der Waals surface area (Å²) in [7, 11) is -0.932. The summed E-state index contributed by atoms with van der Waals surface area (Å²) >= 11 is 5.92. The Labute approximate surface area is 157 Å². The Morgan fingerprint density at radius 2 is 1.73 bits per heavy atom. The van der Waals surface area contributed by atoms with Crippen LogP contribution in [0, 0.1) is 0 Å². The highest BCUT2D eigenvalue weighted by Crippen LogP contribution is 2.27. The summed E-state index contributed by atoms with van der Waals surface area (Å²) in [5.41, 5.74) is 0.348. The lowest BCUT2D eigenvalue weighted by molar-refractivity contribution is -0.117. The summed E-state index contributed by atoms with van der Waals surface area (Å²) in [6, 6.07) is 9.55. The second kappa shape index (κ2) is 8.39. The molecule has 2 aromatic rings. The van der Waals surface area contributed by atoms with Crippen molar-refractivity contribution in [1.82, 2.24) is 4.72 Å². The molecule has 1 amide bonds. The van der Waals surface area contributed by atoms with E-state index in [1.54, 1.807) is 12.1 Å². The highest BCUT2D eigenvalue weighted by atomic mass is 35.5. The van der Waals surface area contributed by atoms with E-state index in [2.05, 4.69) is 10.0 Å². The van der Waals surface area contributed by atoms with Crippen molar-refractivity contribution in [1.29, 1.82) is 0 Å². The molecule has 2 rings (SSSR count). The van der Waals surface area contributed by atoms with Crippen LogP contribution in [0.1, 0.15) is 6.92 Å². The number of halogens is 1. The number of anilines is 1. The van der Waals surface area contributed by atoms with Crippen LogP contribution in [0.5, 0.6) is 11.5 Å². The maximum atomic E-state index is 12.4. The largest absolute Gasteiger partial charge is 0.497 e. The number of carbonyl (C=O) groups excluding carboxylic acids is 1. The summed E-state index contributed by atoms with van der Waals surface area (Å²) in [5.74, 6) is 0.387. The molecule has 7 nitrogen and oxygen atoms in total. The molecular weight excluding hydrogens is 380 g/mol. The molecule has 0 radical (unpaired) electrons. The number of carbonyl (C=O) groups is 1. The lowest BCUT2D eigenvalue weighted by Crippen LogP contribution is -2.41. The number of rotatable bonds is 7. The third kappa shape index (κ3) is 4.87. The topological polar surface area (TPSA) is 93.7 Å². The molecule has 0 aromatic heterocycles. The van der Waals surface area contributed by atoms with Crippen molar-refractivity contribution >= 4 is 33.2 Å². The molecule has 0 saturated carbocycles. The number of amides is 1. The molecule has 0 saturated heterocycles. The second-order valence-corrected chi connectivity index (χ2v) is 7.50. The SMILES string of the molecule is COc1ccc(S(=O)(=O)NC(C)C(=O)Nc2cc(Cl)ccc2OC)cc1. The number of nitrogens with one attached hydrogen (secondary N) is 2. The van der Waals surface area contributed by atoms with Crippen LogP contribution in [0.2, 0.25) is 5.02 Å². The zero-order valence-electron chi connectivity index (χ0n) is 14.4. The van der Waals surface area contributed by atoms with Gasteiger partial charge in [0.05, 0.1) is 30.8 Å². The molecule has 26 heavy (non-hydrogen) atoms. The summed E-state index contributed by atoms with van der Waals surface area (Å²) in [6.07, 6.45) is 0. The zero-order valence-corrected chi connectivity index (χ0v) is 16.0. The fraction of sp³-hybridized carbons (Fsp3) is 0.235. The average Bonchev–Trinajstić information content (AvgIpc) is 2.61. The molecule has 2 aromatic carbocycles. The van der Waals surface area contributed by atoms with E-state index < -0.39 is 22.0 Å². The summed E-state index contributed by atoms with van der Waals surface area (Å²) in [6.45, 7) is 1.44. The van der Waals surface area contributed by atoms with Crippen molar-refractivity contribution in [2.24, 2.45) is 0 Å². The van der Waals surface area contributed by atoms with Gasteiger partial charge in [-0.25, -0.2) is 8.42 Å². The fourth-order valence-corrected chi connectivity index (χ4v) is 3.50. The van der Waals surface area contributed by atoms with E-state index in [9.17, 15) is 13.2 Å². The molecule has 140 valence electrons. The third-order valence-corrected chi connectivity index (χ3v) is 5.31. The number of sulfonamides is 1. The Hall–Kier alpha value is -2.29. The van der Waals surface area contributed by atoms with Crippen molar-refractivity contribution in [3.05, 3.63) is 47.5 Å². The Kier molecular flexibility index (Phi) is 6.47. The molecule has 0 aliphatic carbocycles. The molecular formula is C17H19ClN2O5S. The van der Waals surface area contributed by atoms with Gasteiger partial charge in [0.1, 0.15) is 11.5 Å². The molecule has 1 unspecified atom stereocenters. The van der Waals surface area contributed by atoms with Crippen LogP contribution in [0.15, 0.2) is 47.4 Å². The van der Waals surface area contributed by atoms with Gasteiger partial charge in [-0.05, 0) is 49.4 Å². The van der Waals surface area contributed by atoms with E-state index in [4.69, 9.17) is 21.1 Å². The van der Waals surface area contributed by atoms with Gasteiger partial charge in [-0.1, -0.05) is 11.6 Å². The molecule has 0 spiro atoms. The van der Waals surface area contributed by atoms with Gasteiger partial charge >= 0.3 is 0 Å². The minimum atomic E-state index is -3.87. The van der Waals surface area contributed by atoms with Gasteiger partial charge in [0, 0.05) is 5.02 Å². The first-order valence-corrected chi connectivity index (χ1v) is 9.43. The van der Waals surface area contributed by atoms with Crippen molar-refractivity contribution in [2.75, 3.05) is 19.5 Å². The standard InChI is InChI=1S/C17H19ClN2O5S/c1-11(17(21)19-15-10-12(18)4-9-16(15)25-3)20-26(22,23)14-7-5-13(24-2)6-8-14/h4-11,20H,1-3H3,(H,19,21). The number of ether oxygens (including phenoxy) is 2. The van der Waals surface area contributed by atoms with Gasteiger partial charge in [0.2, 0.25) is 15.9 Å². The van der Waals surface area contributed by atoms with Crippen molar-refractivity contribution in [2.45, 2.75) is 17.9 Å². The van der Waals surface area contributed by atoms with Crippen LogP contribution in [0.3, 0.4) is 0 Å². The zero-order chi connectivity index (χ0) is 19.3. The van der Waals surface area contributed by atoms with Crippen LogP contribution in [0.4, 0.5) is 5.69 Å². The van der Waals surface area contributed by atoms with Crippen LogP contribution in [-0.2, 0) is 14.8 Å². The van der Waals surface area contributed by atoms with Crippen molar-refractivity contribution in [3.63, 3.8) is 0 Å². The smallest absolute Gasteiger partial charge is 0.242 e. The molecule has 0 aliphatic heterocycles. The first-order chi connectivity index (χ1) is 12.3. The molecule has 2 N–H and O–H groups in total. The van der Waals surface area contributed by atoms with Gasteiger partial charge in [0.25, 0.3) is 0 Å². The molecule has 0 fully saturated rings. The number of hydrogen-bond acceptors (Lipinski definition) is 5. The summed E-state index contributed by atoms with van der Waals surface area (Å²) in [4.78, 5) is 12.4. The minimum absolute atomic E-state index is 0.0262. The Morgan fingerprint density at radius 1 is 1.08 bits per heavy atom. The van der Waals surface area contributed by atoms with E-state index in [0.29, 0.717) is 22.2 Å². The third-order valence-electron chi connectivity index (χ3n) is 3.51. The highest BCUT2D eigenvalue weighted by molar-refractivity contribution is 7.89. The normalized spacial score (nSPS) is 12.3. The predicted octanol–water partition coefficient (Wildman–Crippen LogP) is 2.66. The first kappa shape index (κ1) is 20.0. The van der Waals surface area contributed by atoms with E-state index in [-0.39, 0.29) is 4.90 Å². The second-order valence-electron chi connectivity index (χ2n) is 5.35. The van der Waals surface area contributed by atoms with E-state index in [1.165, 1.54) is 51.5 Å². The maximum Gasteiger partial charge on any atom is 0.242 e. The van der Waals surface area contributed by atoms with Crippen LogP contribution < -0.4 is 19.5 Å². The van der Waals surface area contributed by atoms with Gasteiger partial charge < -0.3 is 14.8 Å². The van der Waals surface area contributed by atoms with Gasteiger partial charge in [-0.3, -0.25) is 4.79 Å². The first-order valence-electron chi connectivity index (χ1n) is 7.57. The lowest BCUT2D eigenvalue weighted by atomic mass is 10.2. The molecule has 0 bridgehead atoms. The number of benzene rings is 2. The number of hydrogen-bond donors (Lipinski definition) is 2. The van der Waals surface area contributed by atoms with Crippen LogP contribution in [-0.4, -0.2) is 34.6 Å². The molecule has 0 aliphatic rings. The maximum absolute atomic E-state index is 12.4. The highest BCUT2D eigenvalue weighted by Gasteiger charge is 2.23. The lowest BCUT2D eigenvalue weighted by Gasteiger charge is -2.16. The van der Waals surface area contributed by atoms with E-state index in [0.717, 1.165) is 0 Å². The predicted molar refractivity (Wildman–Crippen MR) is 99.4 cm³/mol. The van der Waals surface area contributed by atoms with Crippen LogP contribution in [0.25, 0.3) is 0 Å². The van der Waals surface area contributed by atoms with E-state index in [1.807, 2.05) is 0 Å². The van der Waals surface area contributed by atoms with Gasteiger partial charge in [-0.2, -0.15) is 4.72 Å². The molecule has 1 atom stereocenters. The minimum Gasteiger partial charge on any atom is -0.497 e. The summed E-state index contributed by atoms with van der Waals surface area (Å²) < 4.78 is 37.3. The van der Waals surface area contributed by atoms with E-state index >= 15 is 0 Å². The summed E-state index contributed by atoms with van der Waals surface area (Å²) in [5, 5.41) is 3.01. The molecule has 9 heteroatoms. The Balaban J connectivity index is 2.11. The monoisotopic (exact) mass is 398 g/mol. The van der Waals surface area contributed by atoms with Gasteiger partial charge in [-0.15, -0.1) is 0 Å². The van der Waals surface area contributed by atoms with Crippen molar-refractivity contribution in [3.8, 4) is 11.5 Å². The average molecular weight is 399 g/mol. The van der Waals surface area contributed by atoms with Crippen LogP contribution >= 0.6 is 11.6 Å². The quantitative estimate of drug-likeness (QED) is 0.747. The van der Waals surface area contributed by atoms with Gasteiger partial charge in [0.15, 0.2) is 0 Å².